The molecule has 6 heteroatoms. The standard InChI is InChI=1S/C21H16N2O2S2/c24-16-10-4-9-15-18(16)19(13-6-2-1-3-7-13)23-20(25)17(27-21(23)22-15)12-14-8-5-11-26-14/h1-3,5-8,11-12,19H,4,9-10H2/b17-12+. The summed E-state index contributed by atoms with van der Waals surface area (Å²) < 4.78 is 2.37. The topological polar surface area (TPSA) is 51.4 Å². The first-order valence-electron chi connectivity index (χ1n) is 8.89. The normalized spacial score (nSPS) is 19.6. The molecule has 134 valence electrons. The summed E-state index contributed by atoms with van der Waals surface area (Å²) in [6, 6.07) is 13.4. The molecule has 4 nitrogen and oxygen atoms in total. The monoisotopic (exact) mass is 392 g/mol. The Kier molecular flexibility index (Phi) is 4.02. The molecule has 1 aliphatic heterocycles. The van der Waals surface area contributed by atoms with Gasteiger partial charge in [0.1, 0.15) is 0 Å². The van der Waals surface area contributed by atoms with Crippen LogP contribution in [0.4, 0.5) is 0 Å². The second kappa shape index (κ2) is 6.55. The Labute approximate surface area is 163 Å². The minimum Gasteiger partial charge on any atom is -0.294 e. The highest BCUT2D eigenvalue weighted by atomic mass is 32.1. The molecule has 0 saturated carbocycles. The molecule has 2 aliphatic rings. The maximum absolute atomic E-state index is 13.3. The zero-order valence-electron chi connectivity index (χ0n) is 14.4. The first-order valence-corrected chi connectivity index (χ1v) is 10.6. The molecule has 0 fully saturated rings. The van der Waals surface area contributed by atoms with E-state index in [1.165, 1.54) is 11.3 Å². The smallest absolute Gasteiger partial charge is 0.271 e. The van der Waals surface area contributed by atoms with E-state index in [2.05, 4.69) is 0 Å². The number of hydrogen-bond donors (Lipinski definition) is 0. The van der Waals surface area contributed by atoms with Crippen molar-refractivity contribution in [2.45, 2.75) is 25.3 Å². The summed E-state index contributed by atoms with van der Waals surface area (Å²) in [6.07, 6.45) is 4.06. The van der Waals surface area contributed by atoms with Crippen LogP contribution in [0.5, 0.6) is 0 Å². The van der Waals surface area contributed by atoms with Gasteiger partial charge in [-0.2, -0.15) is 0 Å². The molecule has 3 heterocycles. The number of ketones is 1. The number of benzene rings is 1. The molecular formula is C21H16N2O2S2. The van der Waals surface area contributed by atoms with Crippen LogP contribution in [-0.4, -0.2) is 10.4 Å². The minimum atomic E-state index is -0.379. The second-order valence-corrected chi connectivity index (χ2v) is 8.63. The number of aromatic nitrogens is 1. The van der Waals surface area contributed by atoms with Crippen LogP contribution in [0.2, 0.25) is 0 Å². The summed E-state index contributed by atoms with van der Waals surface area (Å²) in [5.74, 6) is 0.112. The van der Waals surface area contributed by atoms with E-state index in [9.17, 15) is 9.59 Å². The van der Waals surface area contributed by atoms with E-state index in [4.69, 9.17) is 4.99 Å². The number of hydrogen-bond acceptors (Lipinski definition) is 5. The van der Waals surface area contributed by atoms with Gasteiger partial charge < -0.3 is 0 Å². The third-order valence-corrected chi connectivity index (χ3v) is 6.76. The summed E-state index contributed by atoms with van der Waals surface area (Å²) in [5, 5.41) is 1.99. The number of Topliss-reactive ketones (excluding diaryl/α,β-unsaturated/α-hetero) is 1. The minimum absolute atomic E-state index is 0.0778. The van der Waals surface area contributed by atoms with Gasteiger partial charge in [0.2, 0.25) is 0 Å². The summed E-state index contributed by atoms with van der Waals surface area (Å²) >= 11 is 3.00. The lowest BCUT2D eigenvalue weighted by molar-refractivity contribution is -0.116. The van der Waals surface area contributed by atoms with Crippen LogP contribution in [0.25, 0.3) is 6.08 Å². The number of rotatable bonds is 2. The largest absolute Gasteiger partial charge is 0.294 e. The Morgan fingerprint density at radius 2 is 1.93 bits per heavy atom. The van der Waals surface area contributed by atoms with Crippen molar-refractivity contribution < 1.29 is 4.79 Å². The van der Waals surface area contributed by atoms with Gasteiger partial charge in [-0.05, 0) is 35.9 Å². The molecule has 27 heavy (non-hydrogen) atoms. The summed E-state index contributed by atoms with van der Waals surface area (Å²) in [5.41, 5.74) is 2.43. The number of nitrogens with zero attached hydrogens (tertiary/aromatic N) is 2. The van der Waals surface area contributed by atoms with Crippen molar-refractivity contribution in [1.29, 1.82) is 0 Å². The highest BCUT2D eigenvalue weighted by Gasteiger charge is 2.34. The molecule has 5 rings (SSSR count). The first-order chi connectivity index (χ1) is 13.2. The predicted octanol–water partition coefficient (Wildman–Crippen LogP) is 3.03. The molecule has 0 saturated heterocycles. The molecular weight excluding hydrogens is 376 g/mol. The van der Waals surface area contributed by atoms with E-state index in [0.29, 0.717) is 21.3 Å². The number of thiazole rings is 1. The Morgan fingerprint density at radius 1 is 1.07 bits per heavy atom. The van der Waals surface area contributed by atoms with Gasteiger partial charge >= 0.3 is 0 Å². The fourth-order valence-corrected chi connectivity index (χ4v) is 5.51. The van der Waals surface area contributed by atoms with Crippen LogP contribution in [-0.2, 0) is 4.79 Å². The van der Waals surface area contributed by atoms with Gasteiger partial charge in [0.25, 0.3) is 5.56 Å². The molecule has 0 spiro atoms. The number of allylic oxidation sites excluding steroid dienone is 2. The van der Waals surface area contributed by atoms with E-state index in [-0.39, 0.29) is 17.4 Å². The average molecular weight is 393 g/mol. The summed E-state index contributed by atoms with van der Waals surface area (Å²) in [7, 11) is 0. The molecule has 3 aromatic rings. The summed E-state index contributed by atoms with van der Waals surface area (Å²) in [6.45, 7) is 0. The average Bonchev–Trinajstić information content (AvgIpc) is 3.30. The highest BCUT2D eigenvalue weighted by molar-refractivity contribution is 7.11. The van der Waals surface area contributed by atoms with Gasteiger partial charge in [-0.3, -0.25) is 14.2 Å². The van der Waals surface area contributed by atoms with E-state index in [1.54, 1.807) is 15.9 Å². The van der Waals surface area contributed by atoms with Crippen molar-refractivity contribution in [3.63, 3.8) is 0 Å². The summed E-state index contributed by atoms with van der Waals surface area (Å²) in [4.78, 5) is 32.5. The molecule has 1 unspecified atom stereocenters. The molecule has 0 amide bonds. The van der Waals surface area contributed by atoms with Gasteiger partial charge in [0.05, 0.1) is 16.3 Å². The van der Waals surface area contributed by atoms with Crippen molar-refractivity contribution in [2.24, 2.45) is 4.99 Å². The quantitative estimate of drug-likeness (QED) is 0.673. The Morgan fingerprint density at radius 3 is 2.70 bits per heavy atom. The lowest BCUT2D eigenvalue weighted by Gasteiger charge is -2.28. The zero-order chi connectivity index (χ0) is 18.4. The molecule has 0 N–H and O–H groups in total. The molecule has 1 aromatic carbocycles. The number of carbonyl (C=O) groups excluding carboxylic acids is 1. The van der Waals surface area contributed by atoms with Crippen LogP contribution < -0.4 is 14.9 Å². The van der Waals surface area contributed by atoms with Crippen LogP contribution in [0.3, 0.4) is 0 Å². The highest BCUT2D eigenvalue weighted by Crippen LogP contribution is 2.35. The predicted molar refractivity (Wildman–Crippen MR) is 108 cm³/mol. The molecule has 2 aromatic heterocycles. The van der Waals surface area contributed by atoms with Gasteiger partial charge in [0, 0.05) is 16.9 Å². The van der Waals surface area contributed by atoms with Crippen molar-refractivity contribution in [3.8, 4) is 0 Å². The third kappa shape index (κ3) is 2.76. The number of thiophene rings is 1. The van der Waals surface area contributed by atoms with Gasteiger partial charge in [-0.25, -0.2) is 4.99 Å². The fourth-order valence-electron chi connectivity index (χ4n) is 3.76. The van der Waals surface area contributed by atoms with Crippen molar-refractivity contribution in [3.05, 3.63) is 89.2 Å². The first kappa shape index (κ1) is 16.6. The Hall–Kier alpha value is -2.57. The second-order valence-electron chi connectivity index (χ2n) is 6.65. The van der Waals surface area contributed by atoms with Crippen LogP contribution in [0.1, 0.15) is 35.7 Å². The number of fused-ring (bicyclic) bond motifs is 1. The fraction of sp³-hybridized carbons (Fsp3) is 0.190. The van der Waals surface area contributed by atoms with Crippen molar-refractivity contribution in [1.82, 2.24) is 4.57 Å². The van der Waals surface area contributed by atoms with Crippen LogP contribution in [0, 0.1) is 0 Å². The van der Waals surface area contributed by atoms with E-state index >= 15 is 0 Å². The maximum atomic E-state index is 13.3. The van der Waals surface area contributed by atoms with E-state index in [1.807, 2.05) is 53.9 Å². The van der Waals surface area contributed by atoms with Crippen LogP contribution >= 0.6 is 22.7 Å². The van der Waals surface area contributed by atoms with E-state index in [0.717, 1.165) is 29.0 Å². The lowest BCUT2D eigenvalue weighted by Crippen LogP contribution is -2.40. The SMILES string of the molecule is O=C1CCCC2=C1C(c1ccccc1)n1c(s/c(=C/c3cccs3)c1=O)=N2. The van der Waals surface area contributed by atoms with Gasteiger partial charge in [0.15, 0.2) is 10.6 Å². The molecule has 1 atom stereocenters. The van der Waals surface area contributed by atoms with Crippen molar-refractivity contribution >= 4 is 34.5 Å². The molecule has 0 bridgehead atoms. The lowest BCUT2D eigenvalue weighted by atomic mass is 9.86. The Bertz CT molecular complexity index is 1230. The maximum Gasteiger partial charge on any atom is 0.271 e. The third-order valence-electron chi connectivity index (χ3n) is 4.96. The van der Waals surface area contributed by atoms with Gasteiger partial charge in [-0.1, -0.05) is 47.7 Å². The number of carbonyl (C=O) groups is 1. The van der Waals surface area contributed by atoms with Gasteiger partial charge in [-0.15, -0.1) is 11.3 Å². The molecule has 0 radical (unpaired) electrons. The Balaban J connectivity index is 1.80. The zero-order valence-corrected chi connectivity index (χ0v) is 16.1. The molecule has 1 aliphatic carbocycles. The van der Waals surface area contributed by atoms with Crippen LogP contribution in [0.15, 0.2) is 68.9 Å². The van der Waals surface area contributed by atoms with E-state index < -0.39 is 0 Å². The van der Waals surface area contributed by atoms with Crippen molar-refractivity contribution in [2.75, 3.05) is 0 Å².